The summed E-state index contributed by atoms with van der Waals surface area (Å²) < 4.78 is 7.78. The summed E-state index contributed by atoms with van der Waals surface area (Å²) in [6.07, 6.45) is 6.85. The lowest BCUT2D eigenvalue weighted by Gasteiger charge is -2.26. The lowest BCUT2D eigenvalue weighted by atomic mass is 9.93. The molecule has 3 aromatic heterocycles. The Morgan fingerprint density at radius 3 is 2.72 bits per heavy atom. The van der Waals surface area contributed by atoms with Gasteiger partial charge in [-0.15, -0.1) is 0 Å². The fraction of sp³-hybridized carbons (Fsp3) is 0.500. The zero-order valence-corrected chi connectivity index (χ0v) is 14.6. The Labute approximate surface area is 146 Å². The first-order valence-electron chi connectivity index (χ1n) is 8.88. The van der Waals surface area contributed by atoms with Crippen molar-refractivity contribution >= 4 is 16.7 Å². The molecule has 1 fully saturated rings. The number of fused-ring (bicyclic) bond motifs is 1. The Hall–Kier alpha value is -2.41. The third kappa shape index (κ3) is 3.00. The number of hydrogen-bond donors (Lipinski definition) is 2. The van der Waals surface area contributed by atoms with Crippen molar-refractivity contribution in [1.29, 1.82) is 0 Å². The van der Waals surface area contributed by atoms with Crippen molar-refractivity contribution in [1.82, 2.24) is 19.7 Å². The van der Waals surface area contributed by atoms with Crippen molar-refractivity contribution in [2.24, 2.45) is 0 Å². The zero-order valence-electron chi connectivity index (χ0n) is 14.6. The molecule has 25 heavy (non-hydrogen) atoms. The van der Waals surface area contributed by atoms with Gasteiger partial charge in [-0.05, 0) is 32.6 Å². The van der Waals surface area contributed by atoms with Gasteiger partial charge in [0.05, 0.1) is 23.9 Å². The SMILES string of the molecule is CCNc1cc2c(cn1)c(-c1cnc(C)o1)nn2C1CCC(O)CC1. The third-order valence-corrected chi connectivity index (χ3v) is 4.82. The van der Waals surface area contributed by atoms with Crippen LogP contribution in [0.1, 0.15) is 44.5 Å². The van der Waals surface area contributed by atoms with Crippen LogP contribution in [0.3, 0.4) is 0 Å². The van der Waals surface area contributed by atoms with E-state index < -0.39 is 0 Å². The van der Waals surface area contributed by atoms with Gasteiger partial charge in [0.15, 0.2) is 11.7 Å². The first kappa shape index (κ1) is 16.1. The number of pyridine rings is 1. The summed E-state index contributed by atoms with van der Waals surface area (Å²) in [5.74, 6) is 2.12. The van der Waals surface area contributed by atoms with Crippen LogP contribution in [0, 0.1) is 6.92 Å². The number of aromatic nitrogens is 4. The summed E-state index contributed by atoms with van der Waals surface area (Å²) in [6.45, 7) is 4.69. The van der Waals surface area contributed by atoms with Gasteiger partial charge < -0.3 is 14.8 Å². The maximum absolute atomic E-state index is 9.81. The molecule has 0 unspecified atom stereocenters. The maximum Gasteiger partial charge on any atom is 0.191 e. The quantitative estimate of drug-likeness (QED) is 0.757. The van der Waals surface area contributed by atoms with E-state index in [0.717, 1.165) is 54.6 Å². The molecule has 1 saturated carbocycles. The second-order valence-corrected chi connectivity index (χ2v) is 6.62. The Bertz CT molecular complexity index is 877. The standard InChI is InChI=1S/C18H23N5O2/c1-3-19-17-8-15-14(9-21-17)18(16-10-20-11(2)25-16)22-23(15)12-4-6-13(24)7-5-12/h8-10,12-13,24H,3-7H2,1-2H3,(H,19,21). The highest BCUT2D eigenvalue weighted by Crippen LogP contribution is 2.35. The Morgan fingerprint density at radius 1 is 1.24 bits per heavy atom. The van der Waals surface area contributed by atoms with E-state index in [2.05, 4.69) is 26.9 Å². The molecule has 7 heteroatoms. The highest BCUT2D eigenvalue weighted by molar-refractivity contribution is 5.92. The average molecular weight is 341 g/mol. The number of aryl methyl sites for hydroxylation is 1. The van der Waals surface area contributed by atoms with E-state index in [-0.39, 0.29) is 12.1 Å². The molecular formula is C18H23N5O2. The van der Waals surface area contributed by atoms with Crippen molar-refractivity contribution in [3.63, 3.8) is 0 Å². The summed E-state index contributed by atoms with van der Waals surface area (Å²) in [5, 5.41) is 18.9. The number of aliphatic hydroxyl groups is 1. The highest BCUT2D eigenvalue weighted by atomic mass is 16.4. The van der Waals surface area contributed by atoms with Crippen LogP contribution in [0.15, 0.2) is 22.9 Å². The lowest BCUT2D eigenvalue weighted by molar-refractivity contribution is 0.109. The van der Waals surface area contributed by atoms with Crippen LogP contribution in [-0.4, -0.2) is 37.5 Å². The predicted octanol–water partition coefficient (Wildman–Crippen LogP) is 3.30. The fourth-order valence-corrected chi connectivity index (χ4v) is 3.54. The largest absolute Gasteiger partial charge is 0.439 e. The summed E-state index contributed by atoms with van der Waals surface area (Å²) in [6, 6.07) is 2.32. The van der Waals surface area contributed by atoms with Crippen LogP contribution in [0.25, 0.3) is 22.4 Å². The summed E-state index contributed by atoms with van der Waals surface area (Å²) in [7, 11) is 0. The predicted molar refractivity (Wildman–Crippen MR) is 95.4 cm³/mol. The normalized spacial score (nSPS) is 20.9. The molecule has 1 aliphatic carbocycles. The molecule has 3 heterocycles. The van der Waals surface area contributed by atoms with Gasteiger partial charge >= 0.3 is 0 Å². The minimum Gasteiger partial charge on any atom is -0.439 e. The summed E-state index contributed by atoms with van der Waals surface area (Å²) in [5.41, 5.74) is 1.81. The molecule has 0 amide bonds. The van der Waals surface area contributed by atoms with E-state index in [9.17, 15) is 5.11 Å². The van der Waals surface area contributed by atoms with Crippen molar-refractivity contribution in [2.45, 2.75) is 51.7 Å². The van der Waals surface area contributed by atoms with E-state index in [4.69, 9.17) is 9.52 Å². The van der Waals surface area contributed by atoms with Gasteiger partial charge in [0.2, 0.25) is 0 Å². The molecular weight excluding hydrogens is 318 g/mol. The molecule has 2 N–H and O–H groups in total. The van der Waals surface area contributed by atoms with Crippen LogP contribution >= 0.6 is 0 Å². The van der Waals surface area contributed by atoms with Gasteiger partial charge in [-0.3, -0.25) is 4.68 Å². The Kier molecular flexibility index (Phi) is 4.17. The van der Waals surface area contributed by atoms with Gasteiger partial charge in [0.1, 0.15) is 11.5 Å². The molecule has 0 radical (unpaired) electrons. The number of aliphatic hydroxyl groups excluding tert-OH is 1. The maximum atomic E-state index is 9.81. The minimum atomic E-state index is -0.187. The molecule has 4 rings (SSSR count). The topological polar surface area (TPSA) is 89.0 Å². The third-order valence-electron chi connectivity index (χ3n) is 4.82. The number of anilines is 1. The first-order chi connectivity index (χ1) is 12.2. The summed E-state index contributed by atoms with van der Waals surface area (Å²) >= 11 is 0. The smallest absolute Gasteiger partial charge is 0.191 e. The second kappa shape index (κ2) is 6.48. The van der Waals surface area contributed by atoms with Gasteiger partial charge in [0, 0.05) is 31.1 Å². The van der Waals surface area contributed by atoms with Crippen LogP contribution in [-0.2, 0) is 0 Å². The molecule has 0 atom stereocenters. The van der Waals surface area contributed by atoms with E-state index in [0.29, 0.717) is 11.7 Å². The van der Waals surface area contributed by atoms with Gasteiger partial charge in [-0.25, -0.2) is 9.97 Å². The molecule has 132 valence electrons. The molecule has 0 aliphatic heterocycles. The summed E-state index contributed by atoms with van der Waals surface area (Å²) in [4.78, 5) is 8.69. The van der Waals surface area contributed by atoms with Crippen LogP contribution in [0.4, 0.5) is 5.82 Å². The number of nitrogens with one attached hydrogen (secondary N) is 1. The van der Waals surface area contributed by atoms with E-state index in [1.807, 2.05) is 19.2 Å². The first-order valence-corrected chi connectivity index (χ1v) is 8.88. The van der Waals surface area contributed by atoms with Gasteiger partial charge in [-0.2, -0.15) is 5.10 Å². The number of hydrogen-bond acceptors (Lipinski definition) is 6. The number of rotatable bonds is 4. The molecule has 0 aromatic carbocycles. The van der Waals surface area contributed by atoms with E-state index in [1.54, 1.807) is 6.20 Å². The van der Waals surface area contributed by atoms with E-state index in [1.165, 1.54) is 0 Å². The molecule has 1 aliphatic rings. The average Bonchev–Trinajstić information content (AvgIpc) is 3.19. The molecule has 0 saturated heterocycles. The monoisotopic (exact) mass is 341 g/mol. The van der Waals surface area contributed by atoms with E-state index >= 15 is 0 Å². The number of nitrogens with zero attached hydrogens (tertiary/aromatic N) is 4. The molecule has 0 bridgehead atoms. The molecule has 7 nitrogen and oxygen atoms in total. The molecule has 3 aromatic rings. The highest BCUT2D eigenvalue weighted by Gasteiger charge is 2.25. The van der Waals surface area contributed by atoms with Crippen LogP contribution in [0.2, 0.25) is 0 Å². The zero-order chi connectivity index (χ0) is 17.4. The van der Waals surface area contributed by atoms with Gasteiger partial charge in [0.25, 0.3) is 0 Å². The van der Waals surface area contributed by atoms with Crippen molar-refractivity contribution < 1.29 is 9.52 Å². The van der Waals surface area contributed by atoms with Crippen LogP contribution < -0.4 is 5.32 Å². The Morgan fingerprint density at radius 2 is 2.04 bits per heavy atom. The van der Waals surface area contributed by atoms with Crippen molar-refractivity contribution in [3.05, 3.63) is 24.4 Å². The van der Waals surface area contributed by atoms with Gasteiger partial charge in [-0.1, -0.05) is 0 Å². The minimum absolute atomic E-state index is 0.187. The van der Waals surface area contributed by atoms with Crippen molar-refractivity contribution in [3.8, 4) is 11.5 Å². The number of oxazole rings is 1. The lowest BCUT2D eigenvalue weighted by Crippen LogP contribution is -2.21. The fourth-order valence-electron chi connectivity index (χ4n) is 3.54. The second-order valence-electron chi connectivity index (χ2n) is 6.62. The Balaban J connectivity index is 1.83. The molecule has 0 spiro atoms. The van der Waals surface area contributed by atoms with Crippen LogP contribution in [0.5, 0.6) is 0 Å². The van der Waals surface area contributed by atoms with Crippen molar-refractivity contribution in [2.75, 3.05) is 11.9 Å².